The summed E-state index contributed by atoms with van der Waals surface area (Å²) < 4.78 is 54.9. The van der Waals surface area contributed by atoms with Crippen molar-refractivity contribution in [3.63, 3.8) is 0 Å². The Balaban J connectivity index is 2.02. The van der Waals surface area contributed by atoms with E-state index >= 15 is 4.39 Å². The topological polar surface area (TPSA) is 113 Å². The molecule has 0 saturated carbocycles. The lowest BCUT2D eigenvalue weighted by Crippen LogP contribution is -2.27. The van der Waals surface area contributed by atoms with E-state index in [1.807, 2.05) is 0 Å². The van der Waals surface area contributed by atoms with Gasteiger partial charge in [-0.25, -0.2) is 9.18 Å². The van der Waals surface area contributed by atoms with Gasteiger partial charge in [0.15, 0.2) is 0 Å². The van der Waals surface area contributed by atoms with Crippen LogP contribution in [0.1, 0.15) is 20.8 Å². The first-order valence-corrected chi connectivity index (χ1v) is 11.6. The van der Waals surface area contributed by atoms with Crippen LogP contribution in [0.4, 0.5) is 23.7 Å². The maximum absolute atomic E-state index is 15.6. The van der Waals surface area contributed by atoms with E-state index in [-0.39, 0.29) is 33.4 Å². The zero-order valence-corrected chi connectivity index (χ0v) is 21.4. The third-order valence-corrected chi connectivity index (χ3v) is 5.32. The largest absolute Gasteiger partial charge is 0.442 e. The second-order valence-corrected chi connectivity index (χ2v) is 9.38. The molecule has 4 rings (SSSR count). The van der Waals surface area contributed by atoms with Crippen LogP contribution in [-0.4, -0.2) is 54.6 Å². The van der Waals surface area contributed by atoms with Gasteiger partial charge in [-0.2, -0.15) is 23.7 Å². The summed E-state index contributed by atoms with van der Waals surface area (Å²) in [4.78, 5) is 28.8. The number of hydrogen-bond donors (Lipinski definition) is 1. The van der Waals surface area contributed by atoms with E-state index in [9.17, 15) is 18.4 Å². The van der Waals surface area contributed by atoms with Crippen molar-refractivity contribution < 1.29 is 32.2 Å². The average molecular weight is 551 g/mol. The number of aromatic nitrogens is 5. The number of carbonyl (C=O) groups is 2. The molecule has 200 valence electrons. The first kappa shape index (κ1) is 26.9. The normalized spacial score (nSPS) is 11.7. The third-order valence-electron chi connectivity index (χ3n) is 5.08. The molecule has 0 saturated heterocycles. The van der Waals surface area contributed by atoms with Gasteiger partial charge in [0.25, 0.3) is 0 Å². The maximum Gasteiger partial charge on any atom is 0.435 e. The smallest absolute Gasteiger partial charge is 0.435 e. The number of rotatable bonds is 6. The molecule has 38 heavy (non-hydrogen) atoms. The number of nitrogens with one attached hydrogen (secondary N) is 1. The van der Waals surface area contributed by atoms with Gasteiger partial charge < -0.3 is 14.8 Å². The fourth-order valence-corrected chi connectivity index (χ4v) is 3.81. The number of nitrogens with zero attached hydrogens (tertiary/aromatic N) is 5. The van der Waals surface area contributed by atoms with Crippen molar-refractivity contribution in [3.05, 3.63) is 42.7 Å². The van der Waals surface area contributed by atoms with Crippen LogP contribution in [0.2, 0.25) is 0 Å². The Morgan fingerprint density at radius 3 is 2.53 bits per heavy atom. The van der Waals surface area contributed by atoms with Crippen molar-refractivity contribution in [3.8, 4) is 28.1 Å². The SMILES string of the molecule is Cn1cc(-c2nn(C(=O)OC(C)(C)C)c3cncc(-c4c(F)cc(NC(=O)CCl)cc4OC(F)F)c23)cn1. The van der Waals surface area contributed by atoms with Crippen molar-refractivity contribution in [2.24, 2.45) is 7.05 Å². The van der Waals surface area contributed by atoms with E-state index in [1.165, 1.54) is 23.3 Å². The molecule has 3 aromatic heterocycles. The molecule has 1 amide bonds. The highest BCUT2D eigenvalue weighted by atomic mass is 35.5. The predicted molar refractivity (Wildman–Crippen MR) is 133 cm³/mol. The number of pyridine rings is 1. The highest BCUT2D eigenvalue weighted by Crippen LogP contribution is 2.42. The Hall–Kier alpha value is -4.13. The van der Waals surface area contributed by atoms with Gasteiger partial charge in [-0.05, 0) is 26.8 Å². The minimum atomic E-state index is -3.32. The standard InChI is InChI=1S/C24H22ClF3N6O4/c1-24(2,3)38-23(36)34-16-10-29-9-14(20(16)21(32-34)12-8-30-33(4)11-12)19-15(26)5-13(31-18(35)7-25)6-17(19)37-22(27)28/h5-6,8-11,22H,7H2,1-4H3,(H,31,35). The molecular formula is C24H22ClF3N6O4. The third kappa shape index (κ3) is 5.57. The Bertz CT molecular complexity index is 1530. The minimum Gasteiger partial charge on any atom is -0.442 e. The summed E-state index contributed by atoms with van der Waals surface area (Å²) >= 11 is 5.48. The number of benzene rings is 1. The molecule has 0 aliphatic carbocycles. The molecule has 0 bridgehead atoms. The van der Waals surface area contributed by atoms with Gasteiger partial charge in [-0.15, -0.1) is 11.6 Å². The number of carbonyl (C=O) groups excluding carboxylic acids is 2. The maximum atomic E-state index is 15.6. The molecule has 0 unspecified atom stereocenters. The van der Waals surface area contributed by atoms with Crippen molar-refractivity contribution >= 4 is 40.2 Å². The summed E-state index contributed by atoms with van der Waals surface area (Å²) in [6.07, 6.45) is 4.81. The zero-order chi connectivity index (χ0) is 27.8. The van der Waals surface area contributed by atoms with Crippen molar-refractivity contribution in [1.29, 1.82) is 0 Å². The number of fused-ring (bicyclic) bond motifs is 1. The van der Waals surface area contributed by atoms with Crippen molar-refractivity contribution in [1.82, 2.24) is 24.5 Å². The summed E-state index contributed by atoms with van der Waals surface area (Å²) in [5, 5.41) is 11.0. The van der Waals surface area contributed by atoms with Gasteiger partial charge >= 0.3 is 12.7 Å². The highest BCUT2D eigenvalue weighted by molar-refractivity contribution is 6.29. The molecule has 0 spiro atoms. The number of anilines is 1. The Morgan fingerprint density at radius 1 is 1.18 bits per heavy atom. The van der Waals surface area contributed by atoms with Crippen LogP contribution >= 0.6 is 11.6 Å². The summed E-state index contributed by atoms with van der Waals surface area (Å²) in [6.45, 7) is 1.71. The lowest BCUT2D eigenvalue weighted by molar-refractivity contribution is -0.113. The van der Waals surface area contributed by atoms with Crippen LogP contribution in [0.25, 0.3) is 33.3 Å². The number of ether oxygens (including phenoxy) is 2. The summed E-state index contributed by atoms with van der Waals surface area (Å²) in [7, 11) is 1.67. The van der Waals surface area contributed by atoms with E-state index in [4.69, 9.17) is 16.3 Å². The van der Waals surface area contributed by atoms with Crippen LogP contribution < -0.4 is 10.1 Å². The quantitative estimate of drug-likeness (QED) is 0.328. The first-order valence-electron chi connectivity index (χ1n) is 11.1. The van der Waals surface area contributed by atoms with Gasteiger partial charge in [-0.1, -0.05) is 0 Å². The molecular weight excluding hydrogens is 529 g/mol. The first-order chi connectivity index (χ1) is 17.9. The second-order valence-electron chi connectivity index (χ2n) is 9.12. The molecule has 0 radical (unpaired) electrons. The van der Waals surface area contributed by atoms with Crippen molar-refractivity contribution in [2.75, 3.05) is 11.2 Å². The van der Waals surface area contributed by atoms with Gasteiger partial charge in [0.2, 0.25) is 5.91 Å². The molecule has 0 fully saturated rings. The number of halogens is 4. The molecule has 0 atom stereocenters. The van der Waals surface area contributed by atoms with Gasteiger partial charge in [0.1, 0.15) is 34.3 Å². The molecule has 10 nitrogen and oxygen atoms in total. The van der Waals surface area contributed by atoms with Gasteiger partial charge in [0, 0.05) is 47.7 Å². The molecule has 0 aliphatic heterocycles. The lowest BCUT2D eigenvalue weighted by Gasteiger charge is -2.19. The molecule has 1 N–H and O–H groups in total. The predicted octanol–water partition coefficient (Wildman–Crippen LogP) is 5.20. The van der Waals surface area contributed by atoms with Crippen LogP contribution in [0, 0.1) is 5.82 Å². The number of aryl methyl sites for hydroxylation is 1. The minimum absolute atomic E-state index is 0.000434. The monoisotopic (exact) mass is 550 g/mol. The van der Waals surface area contributed by atoms with Gasteiger partial charge in [0.05, 0.1) is 18.0 Å². The Morgan fingerprint density at radius 2 is 1.92 bits per heavy atom. The van der Waals surface area contributed by atoms with Crippen LogP contribution in [-0.2, 0) is 16.6 Å². The lowest BCUT2D eigenvalue weighted by atomic mass is 9.99. The highest BCUT2D eigenvalue weighted by Gasteiger charge is 2.28. The van der Waals surface area contributed by atoms with Crippen molar-refractivity contribution in [2.45, 2.75) is 33.0 Å². The molecule has 4 aromatic rings. The molecule has 14 heteroatoms. The van der Waals surface area contributed by atoms with E-state index in [2.05, 4.69) is 25.2 Å². The van der Waals surface area contributed by atoms with Crippen LogP contribution in [0.15, 0.2) is 36.9 Å². The molecule has 0 aliphatic rings. The Kier molecular flexibility index (Phi) is 7.31. The molecule has 3 heterocycles. The second kappa shape index (κ2) is 10.3. The number of alkyl halides is 3. The molecule has 1 aromatic carbocycles. The van der Waals surface area contributed by atoms with E-state index in [1.54, 1.807) is 34.0 Å². The average Bonchev–Trinajstić information content (AvgIpc) is 3.41. The van der Waals surface area contributed by atoms with E-state index < -0.39 is 41.7 Å². The van der Waals surface area contributed by atoms with Crippen LogP contribution in [0.3, 0.4) is 0 Å². The zero-order valence-electron chi connectivity index (χ0n) is 20.6. The summed E-state index contributed by atoms with van der Waals surface area (Å²) in [5.74, 6) is -2.70. The number of hydrogen-bond acceptors (Lipinski definition) is 7. The van der Waals surface area contributed by atoms with E-state index in [0.29, 0.717) is 5.56 Å². The fourth-order valence-electron chi connectivity index (χ4n) is 3.74. The van der Waals surface area contributed by atoms with Crippen LogP contribution in [0.5, 0.6) is 5.75 Å². The Labute approximate surface area is 219 Å². The van der Waals surface area contributed by atoms with Gasteiger partial charge in [-0.3, -0.25) is 14.5 Å². The summed E-state index contributed by atoms with van der Waals surface area (Å²) in [6, 6.07) is 1.97. The van der Waals surface area contributed by atoms with E-state index in [0.717, 1.165) is 16.8 Å². The summed E-state index contributed by atoms with van der Waals surface area (Å²) in [5.41, 5.74) is -0.626. The fraction of sp³-hybridized carbons (Fsp3) is 0.292. The number of amides is 1.